The van der Waals surface area contributed by atoms with Gasteiger partial charge in [0.25, 0.3) is 0 Å². The summed E-state index contributed by atoms with van der Waals surface area (Å²) in [6.45, 7) is 14.5. The van der Waals surface area contributed by atoms with Crippen LogP contribution in [0, 0.1) is 53.3 Å². The third-order valence-corrected chi connectivity index (χ3v) is 11.8. The molecule has 0 bridgehead atoms. The Bertz CT molecular complexity index is 1030. The van der Waals surface area contributed by atoms with Gasteiger partial charge < -0.3 is 9.47 Å². The van der Waals surface area contributed by atoms with Crippen LogP contribution in [0.2, 0.25) is 0 Å². The third-order valence-electron chi connectivity index (χ3n) is 11.8. The molecule has 0 spiro atoms. The number of allylic oxidation sites excluding steroid dienone is 1. The minimum absolute atomic E-state index is 0.0706. The van der Waals surface area contributed by atoms with Crippen LogP contribution in [-0.4, -0.2) is 12.3 Å². The topological polar surface area (TPSA) is 35.5 Å². The molecule has 0 amide bonds. The Morgan fingerprint density at radius 2 is 1.79 bits per heavy atom. The van der Waals surface area contributed by atoms with Crippen LogP contribution < -0.4 is 4.74 Å². The Morgan fingerprint density at radius 3 is 2.55 bits per heavy atom. The van der Waals surface area contributed by atoms with E-state index in [-0.39, 0.29) is 11.5 Å². The van der Waals surface area contributed by atoms with Crippen molar-refractivity contribution in [3.8, 4) is 5.75 Å². The lowest BCUT2D eigenvalue weighted by atomic mass is 9.47. The largest absolute Gasteiger partial charge is 0.514 e. The Morgan fingerprint density at radius 1 is 1.00 bits per heavy atom. The molecule has 1 aromatic carbocycles. The third kappa shape index (κ3) is 5.20. The normalized spacial score (nSPS) is 37.0. The maximum atomic E-state index is 12.6. The second-order valence-electron chi connectivity index (χ2n) is 14.4. The zero-order chi connectivity index (χ0) is 27.1. The maximum absolute atomic E-state index is 12.6. The van der Waals surface area contributed by atoms with Crippen molar-refractivity contribution in [2.45, 2.75) is 118 Å². The fourth-order valence-corrected chi connectivity index (χ4v) is 9.67. The molecule has 3 heteroatoms. The molecule has 0 aliphatic heterocycles. The zero-order valence-corrected chi connectivity index (χ0v) is 24.9. The van der Waals surface area contributed by atoms with Gasteiger partial charge >= 0.3 is 6.16 Å². The van der Waals surface area contributed by atoms with Gasteiger partial charge in [0.15, 0.2) is 0 Å². The zero-order valence-electron chi connectivity index (χ0n) is 24.9. The van der Waals surface area contributed by atoms with E-state index in [1.807, 2.05) is 31.2 Å². The quantitative estimate of drug-likeness (QED) is 0.204. The average molecular weight is 521 g/mol. The minimum Gasteiger partial charge on any atom is -0.430 e. The van der Waals surface area contributed by atoms with Crippen molar-refractivity contribution in [3.05, 3.63) is 41.5 Å². The number of carbonyl (C=O) groups is 1. The Hall–Kier alpha value is -1.77. The molecule has 3 fully saturated rings. The number of carbonyl (C=O) groups excluding carboxylic acids is 1. The highest BCUT2D eigenvalue weighted by Gasteiger charge is 2.59. The number of aryl methyl sites for hydroxylation is 1. The average Bonchev–Trinajstić information content (AvgIpc) is 3.23. The number of benzene rings is 1. The molecular weight excluding hydrogens is 468 g/mol. The van der Waals surface area contributed by atoms with Crippen LogP contribution in [0.25, 0.3) is 0 Å². The summed E-state index contributed by atoms with van der Waals surface area (Å²) in [5.41, 5.74) is 3.30. The summed E-state index contributed by atoms with van der Waals surface area (Å²) >= 11 is 0. The van der Waals surface area contributed by atoms with Gasteiger partial charge in [-0.05, 0) is 110 Å². The molecule has 0 unspecified atom stereocenters. The monoisotopic (exact) mass is 520 g/mol. The van der Waals surface area contributed by atoms with Gasteiger partial charge in [0, 0.05) is 6.42 Å². The van der Waals surface area contributed by atoms with Crippen molar-refractivity contribution in [1.29, 1.82) is 0 Å². The van der Waals surface area contributed by atoms with E-state index in [0.29, 0.717) is 11.2 Å². The van der Waals surface area contributed by atoms with E-state index < -0.39 is 6.16 Å². The second kappa shape index (κ2) is 11.0. The number of para-hydroxylation sites is 1. The van der Waals surface area contributed by atoms with Crippen LogP contribution in [0.3, 0.4) is 0 Å². The van der Waals surface area contributed by atoms with Crippen LogP contribution in [0.5, 0.6) is 5.75 Å². The van der Waals surface area contributed by atoms with Gasteiger partial charge in [-0.3, -0.25) is 0 Å². The van der Waals surface area contributed by atoms with Gasteiger partial charge in [-0.15, -0.1) is 0 Å². The molecular formula is C35H52O3. The van der Waals surface area contributed by atoms with Crippen molar-refractivity contribution in [2.75, 3.05) is 0 Å². The summed E-state index contributed by atoms with van der Waals surface area (Å²) < 4.78 is 11.4. The summed E-state index contributed by atoms with van der Waals surface area (Å²) in [6.07, 6.45) is 16.0. The molecule has 0 N–H and O–H groups in total. The molecule has 38 heavy (non-hydrogen) atoms. The number of rotatable bonds is 7. The van der Waals surface area contributed by atoms with Crippen molar-refractivity contribution in [3.63, 3.8) is 0 Å². The van der Waals surface area contributed by atoms with Crippen molar-refractivity contribution < 1.29 is 14.3 Å². The van der Waals surface area contributed by atoms with Crippen LogP contribution >= 0.6 is 0 Å². The van der Waals surface area contributed by atoms with Gasteiger partial charge in [0.1, 0.15) is 11.9 Å². The van der Waals surface area contributed by atoms with Gasteiger partial charge in [0.2, 0.25) is 0 Å². The molecule has 5 rings (SSSR count). The Labute approximate surface area is 232 Å². The molecule has 0 radical (unpaired) electrons. The predicted molar refractivity (Wildman–Crippen MR) is 155 cm³/mol. The molecule has 8 atom stereocenters. The summed E-state index contributed by atoms with van der Waals surface area (Å²) in [6, 6.07) is 7.62. The summed E-state index contributed by atoms with van der Waals surface area (Å²) in [5, 5.41) is 0. The van der Waals surface area contributed by atoms with E-state index in [4.69, 9.17) is 9.47 Å². The molecule has 4 aliphatic rings. The smallest absolute Gasteiger partial charge is 0.430 e. The standard InChI is InChI=1S/C35H52O3/c1-23(2)10-9-12-24(3)29-16-17-30-28-15-14-26-22-27(37-33(36)38-32-13-8-7-11-25(32)4)18-20-34(26,5)31(28)19-21-35(29,30)6/h7-8,11,13-14,23-24,27-31H,9-10,12,15-22H2,1-6H3/t24-,27-,28-,29+,30+,31+,34-,35-/m0/s1. The first kappa shape index (κ1) is 27.8. The number of ether oxygens (including phenoxy) is 2. The van der Waals surface area contributed by atoms with Gasteiger partial charge in [-0.2, -0.15) is 0 Å². The summed E-state index contributed by atoms with van der Waals surface area (Å²) in [4.78, 5) is 12.6. The summed E-state index contributed by atoms with van der Waals surface area (Å²) in [5.74, 6) is 5.68. The lowest BCUT2D eigenvalue weighted by molar-refractivity contribution is -0.0597. The van der Waals surface area contributed by atoms with Crippen LogP contribution in [0.15, 0.2) is 35.9 Å². The second-order valence-corrected chi connectivity index (χ2v) is 14.4. The molecule has 3 nitrogen and oxygen atoms in total. The Balaban J connectivity index is 1.22. The highest BCUT2D eigenvalue weighted by Crippen LogP contribution is 2.67. The fraction of sp³-hybridized carbons (Fsp3) is 0.743. The number of fused-ring (bicyclic) bond motifs is 5. The molecule has 4 aliphatic carbocycles. The molecule has 0 saturated heterocycles. The highest BCUT2D eigenvalue weighted by atomic mass is 16.7. The first-order valence-corrected chi connectivity index (χ1v) is 15.8. The van der Waals surface area contributed by atoms with E-state index >= 15 is 0 Å². The Kier molecular flexibility index (Phi) is 8.05. The van der Waals surface area contributed by atoms with Gasteiger partial charge in [-0.25, -0.2) is 4.79 Å². The highest BCUT2D eigenvalue weighted by molar-refractivity contribution is 5.64. The minimum atomic E-state index is -0.560. The van der Waals surface area contributed by atoms with E-state index in [9.17, 15) is 4.79 Å². The number of hydrogen-bond donors (Lipinski definition) is 0. The molecule has 3 saturated carbocycles. The first-order chi connectivity index (χ1) is 18.1. The SMILES string of the molecule is Cc1ccccc1OC(=O)O[C@H]1CC[C@@]2(C)C(=CC[C@H]3[C@H]4CC[C@H]([C@@H](C)CCCC(C)C)[C@]4(C)CC[C@H]32)C1. The van der Waals surface area contributed by atoms with Crippen molar-refractivity contribution >= 4 is 6.16 Å². The predicted octanol–water partition coefficient (Wildman–Crippen LogP) is 9.92. The van der Waals surface area contributed by atoms with E-state index in [1.165, 1.54) is 51.4 Å². The maximum Gasteiger partial charge on any atom is 0.514 e. The molecule has 0 heterocycles. The fourth-order valence-electron chi connectivity index (χ4n) is 9.67. The van der Waals surface area contributed by atoms with Gasteiger partial charge in [-0.1, -0.05) is 83.7 Å². The van der Waals surface area contributed by atoms with E-state index in [2.05, 4.69) is 40.7 Å². The van der Waals surface area contributed by atoms with E-state index in [0.717, 1.165) is 60.3 Å². The van der Waals surface area contributed by atoms with Crippen LogP contribution in [0.4, 0.5) is 4.79 Å². The van der Waals surface area contributed by atoms with E-state index in [1.54, 1.807) is 5.57 Å². The van der Waals surface area contributed by atoms with Crippen LogP contribution in [-0.2, 0) is 4.74 Å². The lowest BCUT2D eigenvalue weighted by Gasteiger charge is -2.58. The molecule has 210 valence electrons. The lowest BCUT2D eigenvalue weighted by Crippen LogP contribution is -2.51. The van der Waals surface area contributed by atoms with Crippen molar-refractivity contribution in [2.24, 2.45) is 46.3 Å². The summed E-state index contributed by atoms with van der Waals surface area (Å²) in [7, 11) is 0. The van der Waals surface area contributed by atoms with Gasteiger partial charge in [0.05, 0.1) is 0 Å². The molecule has 1 aromatic rings. The molecule has 0 aromatic heterocycles. The number of hydrogen-bond acceptors (Lipinski definition) is 3. The van der Waals surface area contributed by atoms with Crippen molar-refractivity contribution in [1.82, 2.24) is 0 Å². The first-order valence-electron chi connectivity index (χ1n) is 15.8. The van der Waals surface area contributed by atoms with Crippen LogP contribution in [0.1, 0.15) is 111 Å².